The number of nitrogens with zero attached hydrogens (tertiary/aromatic N) is 4. The molecule has 0 aliphatic heterocycles. The normalized spacial score (nSPS) is 11.1. The van der Waals surface area contributed by atoms with Gasteiger partial charge in [-0.25, -0.2) is 5.10 Å². The van der Waals surface area contributed by atoms with E-state index in [0.717, 1.165) is 16.8 Å². The van der Waals surface area contributed by atoms with Crippen molar-refractivity contribution in [1.82, 2.24) is 14.9 Å². The summed E-state index contributed by atoms with van der Waals surface area (Å²) in [4.78, 5) is 2.05. The summed E-state index contributed by atoms with van der Waals surface area (Å²) in [5.74, 6) is 0.615. The van der Waals surface area contributed by atoms with E-state index in [9.17, 15) is 0 Å². The predicted octanol–water partition coefficient (Wildman–Crippen LogP) is 4.21. The van der Waals surface area contributed by atoms with Crippen LogP contribution in [0, 0.1) is 4.77 Å². The van der Waals surface area contributed by atoms with Crippen molar-refractivity contribution in [3.05, 3.63) is 63.9 Å². The topological polar surface area (TPSA) is 49.2 Å². The molecule has 5 nitrogen and oxygen atoms in total. The highest BCUT2D eigenvalue weighted by Gasteiger charge is 2.08. The molecule has 0 fully saturated rings. The van der Waals surface area contributed by atoms with Crippen molar-refractivity contribution < 1.29 is 0 Å². The van der Waals surface area contributed by atoms with Crippen molar-refractivity contribution in [1.29, 1.82) is 0 Å². The lowest BCUT2D eigenvalue weighted by atomic mass is 10.2. The SMILES string of the molecule is CN(C)c1ccc(/C=N\n2c(-c3cccc(Cl)c3)n[nH]c2=S)cc1. The maximum Gasteiger partial charge on any atom is 0.216 e. The minimum atomic E-state index is 0.422. The standard InChI is InChI=1S/C17H16ClN5S/c1-22(2)15-8-6-12(7-9-15)11-19-23-16(20-21-17(23)24)13-4-3-5-14(18)10-13/h3-11H,1-2H3,(H,21,24)/b19-11-. The molecule has 0 unspecified atom stereocenters. The van der Waals surface area contributed by atoms with Gasteiger partial charge in [-0.3, -0.25) is 0 Å². The van der Waals surface area contributed by atoms with E-state index < -0.39 is 0 Å². The van der Waals surface area contributed by atoms with Crippen LogP contribution in [0.3, 0.4) is 0 Å². The molecule has 0 saturated heterocycles. The van der Waals surface area contributed by atoms with Crippen molar-refractivity contribution in [2.45, 2.75) is 0 Å². The number of anilines is 1. The van der Waals surface area contributed by atoms with Gasteiger partial charge >= 0.3 is 0 Å². The van der Waals surface area contributed by atoms with Crippen molar-refractivity contribution in [2.75, 3.05) is 19.0 Å². The highest BCUT2D eigenvalue weighted by atomic mass is 35.5. The summed E-state index contributed by atoms with van der Waals surface area (Å²) in [6.07, 6.45) is 1.75. The van der Waals surface area contributed by atoms with Crippen molar-refractivity contribution in [3.63, 3.8) is 0 Å². The second-order valence-electron chi connectivity index (χ2n) is 5.41. The molecule has 0 spiro atoms. The molecule has 0 aliphatic rings. The van der Waals surface area contributed by atoms with Crippen LogP contribution in [0.5, 0.6) is 0 Å². The van der Waals surface area contributed by atoms with Crippen LogP contribution in [0.2, 0.25) is 5.02 Å². The second-order valence-corrected chi connectivity index (χ2v) is 6.23. The van der Waals surface area contributed by atoms with Gasteiger partial charge in [0.25, 0.3) is 0 Å². The number of hydrogen-bond donors (Lipinski definition) is 1. The Morgan fingerprint density at radius 1 is 1.21 bits per heavy atom. The monoisotopic (exact) mass is 357 g/mol. The highest BCUT2D eigenvalue weighted by molar-refractivity contribution is 7.71. The van der Waals surface area contributed by atoms with E-state index in [0.29, 0.717) is 15.6 Å². The van der Waals surface area contributed by atoms with Crippen molar-refractivity contribution >= 4 is 35.7 Å². The van der Waals surface area contributed by atoms with Gasteiger partial charge in [0.2, 0.25) is 4.77 Å². The summed E-state index contributed by atoms with van der Waals surface area (Å²) in [6.45, 7) is 0. The van der Waals surface area contributed by atoms with Gasteiger partial charge in [0.1, 0.15) is 0 Å². The molecule has 0 aliphatic carbocycles. The summed E-state index contributed by atoms with van der Waals surface area (Å²) in [7, 11) is 4.01. The Labute approximate surface area is 150 Å². The van der Waals surface area contributed by atoms with Gasteiger partial charge < -0.3 is 4.90 Å². The first-order valence-electron chi connectivity index (χ1n) is 7.30. The van der Waals surface area contributed by atoms with Crippen LogP contribution in [0.15, 0.2) is 53.6 Å². The molecule has 0 atom stereocenters. The van der Waals surface area contributed by atoms with Crippen LogP contribution >= 0.6 is 23.8 Å². The minimum Gasteiger partial charge on any atom is -0.378 e. The third-order valence-corrected chi connectivity index (χ3v) is 3.96. The molecule has 3 aromatic rings. The van der Waals surface area contributed by atoms with Gasteiger partial charge in [0, 0.05) is 30.4 Å². The average Bonchev–Trinajstić information content (AvgIpc) is 2.94. The van der Waals surface area contributed by atoms with Gasteiger partial charge in [-0.05, 0) is 42.0 Å². The molecule has 2 aromatic carbocycles. The van der Waals surface area contributed by atoms with Gasteiger partial charge in [0.05, 0.1) is 6.21 Å². The predicted molar refractivity (Wildman–Crippen MR) is 102 cm³/mol. The van der Waals surface area contributed by atoms with Crippen LogP contribution in [-0.4, -0.2) is 35.2 Å². The Hall–Kier alpha value is -2.44. The minimum absolute atomic E-state index is 0.422. The number of hydrogen-bond acceptors (Lipinski definition) is 4. The lowest BCUT2D eigenvalue weighted by molar-refractivity contribution is 0.871. The molecule has 1 aromatic heterocycles. The largest absolute Gasteiger partial charge is 0.378 e. The summed E-state index contributed by atoms with van der Waals surface area (Å²) in [5, 5.41) is 12.1. The first kappa shape index (κ1) is 16.4. The maximum atomic E-state index is 6.05. The van der Waals surface area contributed by atoms with Gasteiger partial charge in [0.15, 0.2) is 5.82 Å². The second kappa shape index (κ2) is 6.98. The fraction of sp³-hybridized carbons (Fsp3) is 0.118. The molecular weight excluding hydrogens is 342 g/mol. The van der Waals surface area contributed by atoms with Crippen LogP contribution < -0.4 is 4.90 Å². The molecule has 122 valence electrons. The Bertz CT molecular complexity index is 925. The number of H-pyrrole nitrogens is 1. The molecule has 3 rings (SSSR count). The van der Waals surface area contributed by atoms with Gasteiger partial charge in [-0.2, -0.15) is 14.9 Å². The molecule has 7 heteroatoms. The fourth-order valence-corrected chi connectivity index (χ4v) is 2.57. The maximum absolute atomic E-state index is 6.05. The number of rotatable bonds is 4. The van der Waals surface area contributed by atoms with Crippen molar-refractivity contribution in [2.24, 2.45) is 5.10 Å². The van der Waals surface area contributed by atoms with E-state index in [2.05, 4.69) is 15.3 Å². The van der Waals surface area contributed by atoms with E-state index >= 15 is 0 Å². The third-order valence-electron chi connectivity index (χ3n) is 3.47. The molecule has 0 radical (unpaired) electrons. The Morgan fingerprint density at radius 2 is 1.96 bits per heavy atom. The third kappa shape index (κ3) is 3.55. The van der Waals surface area contributed by atoms with E-state index in [4.69, 9.17) is 23.8 Å². The molecule has 24 heavy (non-hydrogen) atoms. The van der Waals surface area contributed by atoms with Gasteiger partial charge in [-0.1, -0.05) is 35.9 Å². The number of benzene rings is 2. The van der Waals surface area contributed by atoms with E-state index in [1.807, 2.05) is 67.5 Å². The zero-order valence-electron chi connectivity index (χ0n) is 13.3. The summed E-state index contributed by atoms with van der Waals surface area (Å²) in [5.41, 5.74) is 2.95. The van der Waals surface area contributed by atoms with Gasteiger partial charge in [-0.15, -0.1) is 0 Å². The number of aromatic amines is 1. The summed E-state index contributed by atoms with van der Waals surface area (Å²) >= 11 is 11.3. The van der Waals surface area contributed by atoms with Crippen molar-refractivity contribution in [3.8, 4) is 11.4 Å². The number of halogens is 1. The molecule has 0 bridgehead atoms. The first-order valence-corrected chi connectivity index (χ1v) is 8.08. The Balaban J connectivity index is 1.93. The van der Waals surface area contributed by atoms with Crippen LogP contribution in [-0.2, 0) is 0 Å². The van der Waals surface area contributed by atoms with E-state index in [1.54, 1.807) is 10.9 Å². The summed E-state index contributed by atoms with van der Waals surface area (Å²) in [6, 6.07) is 15.5. The Morgan fingerprint density at radius 3 is 2.62 bits per heavy atom. The molecule has 1 N–H and O–H groups in total. The quantitative estimate of drug-likeness (QED) is 0.562. The lowest BCUT2D eigenvalue weighted by Crippen LogP contribution is -2.08. The Kier molecular flexibility index (Phi) is 4.78. The lowest BCUT2D eigenvalue weighted by Gasteiger charge is -2.11. The zero-order valence-corrected chi connectivity index (χ0v) is 14.8. The van der Waals surface area contributed by atoms with E-state index in [-0.39, 0.29) is 0 Å². The summed E-state index contributed by atoms with van der Waals surface area (Å²) < 4.78 is 2.01. The van der Waals surface area contributed by atoms with E-state index in [1.165, 1.54) is 0 Å². The fourth-order valence-electron chi connectivity index (χ4n) is 2.20. The molecule has 1 heterocycles. The van der Waals surface area contributed by atoms with Crippen LogP contribution in [0.25, 0.3) is 11.4 Å². The molecular formula is C17H16ClN5S. The molecule has 0 amide bonds. The number of nitrogens with one attached hydrogen (secondary N) is 1. The van der Waals surface area contributed by atoms with Crippen LogP contribution in [0.1, 0.15) is 5.56 Å². The first-order chi connectivity index (χ1) is 11.5. The smallest absolute Gasteiger partial charge is 0.216 e. The number of aromatic nitrogens is 3. The molecule has 0 saturated carbocycles. The average molecular weight is 358 g/mol. The highest BCUT2D eigenvalue weighted by Crippen LogP contribution is 2.21. The van der Waals surface area contributed by atoms with Crippen LogP contribution in [0.4, 0.5) is 5.69 Å². The zero-order chi connectivity index (χ0) is 17.1.